The van der Waals surface area contributed by atoms with Crippen molar-refractivity contribution < 1.29 is 14.9 Å². The van der Waals surface area contributed by atoms with Gasteiger partial charge in [-0.25, -0.2) is 4.98 Å². The van der Waals surface area contributed by atoms with Crippen LogP contribution in [-0.4, -0.2) is 41.1 Å². The molecule has 1 aliphatic heterocycles. The Kier molecular flexibility index (Phi) is 6.16. The third-order valence-electron chi connectivity index (χ3n) is 4.66. The zero-order valence-electron chi connectivity index (χ0n) is 14.9. The monoisotopic (exact) mass is 386 g/mol. The number of aromatic nitrogens is 1. The maximum Gasteiger partial charge on any atom is 0.122 e. The number of ether oxygens (including phenoxy) is 1. The zero-order valence-corrected chi connectivity index (χ0v) is 15.7. The smallest absolute Gasteiger partial charge is 0.122 e. The first-order valence-corrected chi connectivity index (χ1v) is 8.93. The zero-order chi connectivity index (χ0) is 17.9. The Balaban J connectivity index is 0.00000210. The predicted octanol–water partition coefficient (Wildman–Crippen LogP) is 3.41. The first-order chi connectivity index (χ1) is 12.7. The van der Waals surface area contributed by atoms with Gasteiger partial charge in [-0.05, 0) is 48.7 Å². The molecule has 0 bridgehead atoms. The number of hydrogen-bond acceptors (Lipinski definition) is 5. The summed E-state index contributed by atoms with van der Waals surface area (Å²) in [5, 5.41) is 22.9. The van der Waals surface area contributed by atoms with Crippen LogP contribution in [0.3, 0.4) is 0 Å². The van der Waals surface area contributed by atoms with Crippen molar-refractivity contribution >= 4 is 29.0 Å². The molecule has 1 aromatic heterocycles. The lowest BCUT2D eigenvalue weighted by Crippen LogP contribution is -2.23. The van der Waals surface area contributed by atoms with E-state index in [-0.39, 0.29) is 25.6 Å². The average Bonchev–Trinajstić information content (AvgIpc) is 2.71. The van der Waals surface area contributed by atoms with Gasteiger partial charge in [0.25, 0.3) is 0 Å². The summed E-state index contributed by atoms with van der Waals surface area (Å²) in [7, 11) is 0. The van der Waals surface area contributed by atoms with Gasteiger partial charge in [-0.1, -0.05) is 18.2 Å². The number of halogens is 1. The summed E-state index contributed by atoms with van der Waals surface area (Å²) in [6.07, 6.45) is 1.25. The van der Waals surface area contributed by atoms with E-state index >= 15 is 0 Å². The van der Waals surface area contributed by atoms with Crippen molar-refractivity contribution in [3.8, 4) is 17.0 Å². The summed E-state index contributed by atoms with van der Waals surface area (Å²) in [4.78, 5) is 4.81. The third kappa shape index (κ3) is 4.16. The summed E-state index contributed by atoms with van der Waals surface area (Å²) in [5.41, 5.74) is 4.92. The van der Waals surface area contributed by atoms with Gasteiger partial charge in [-0.3, -0.25) is 0 Å². The molecule has 0 fully saturated rings. The van der Waals surface area contributed by atoms with E-state index < -0.39 is 6.10 Å². The maximum atomic E-state index is 9.67. The Bertz CT molecular complexity index is 932. The molecule has 3 aromatic rings. The van der Waals surface area contributed by atoms with Gasteiger partial charge in [0, 0.05) is 23.2 Å². The van der Waals surface area contributed by atoms with Crippen LogP contribution in [0.2, 0.25) is 0 Å². The normalized spacial score (nSPS) is 14.0. The fourth-order valence-electron chi connectivity index (χ4n) is 3.28. The lowest BCUT2D eigenvalue weighted by atomic mass is 10.0. The number of nitrogens with one attached hydrogen (secondary N) is 1. The average molecular weight is 387 g/mol. The highest BCUT2D eigenvalue weighted by atomic mass is 35.5. The predicted molar refractivity (Wildman–Crippen MR) is 110 cm³/mol. The number of benzene rings is 2. The molecular formula is C21H23ClN2O3. The second kappa shape index (κ2) is 8.57. The number of para-hydroxylation sites is 1. The van der Waals surface area contributed by atoms with Crippen LogP contribution in [0.15, 0.2) is 48.5 Å². The third-order valence-corrected chi connectivity index (χ3v) is 4.66. The van der Waals surface area contributed by atoms with E-state index in [0.717, 1.165) is 53.0 Å². The number of nitrogens with zero attached hydrogens (tertiary/aromatic N) is 1. The molecule has 2 heterocycles. The molecule has 4 rings (SSSR count). The Morgan fingerprint density at radius 2 is 2.00 bits per heavy atom. The van der Waals surface area contributed by atoms with Gasteiger partial charge in [0.2, 0.25) is 0 Å². The Morgan fingerprint density at radius 1 is 1.15 bits per heavy atom. The number of aliphatic hydroxyl groups excluding tert-OH is 2. The summed E-state index contributed by atoms with van der Waals surface area (Å²) in [6, 6.07) is 16.1. The van der Waals surface area contributed by atoms with Crippen LogP contribution in [-0.2, 0) is 6.42 Å². The number of rotatable bonds is 5. The molecule has 3 N–H and O–H groups in total. The number of aliphatic hydroxyl groups is 2. The molecule has 142 valence electrons. The highest BCUT2D eigenvalue weighted by Gasteiger charge is 2.13. The lowest BCUT2D eigenvalue weighted by molar-refractivity contribution is 0.105. The summed E-state index contributed by atoms with van der Waals surface area (Å²) >= 11 is 0. The molecule has 5 nitrogen and oxygen atoms in total. The van der Waals surface area contributed by atoms with Gasteiger partial charge in [0.1, 0.15) is 5.75 Å². The number of pyridine rings is 1. The second-order valence-electron chi connectivity index (χ2n) is 6.56. The molecule has 0 amide bonds. The first kappa shape index (κ1) is 19.4. The molecule has 0 radical (unpaired) electrons. The topological polar surface area (TPSA) is 74.6 Å². The van der Waals surface area contributed by atoms with Crippen molar-refractivity contribution in [1.82, 2.24) is 4.98 Å². The van der Waals surface area contributed by atoms with Crippen molar-refractivity contribution in [2.75, 3.05) is 25.1 Å². The van der Waals surface area contributed by atoms with Gasteiger partial charge >= 0.3 is 0 Å². The molecule has 0 aliphatic carbocycles. The lowest BCUT2D eigenvalue weighted by Gasteiger charge is -2.18. The minimum atomic E-state index is -0.800. The quantitative estimate of drug-likeness (QED) is 0.626. The van der Waals surface area contributed by atoms with Crippen LogP contribution in [0.5, 0.6) is 5.75 Å². The van der Waals surface area contributed by atoms with E-state index in [1.165, 1.54) is 5.56 Å². The van der Waals surface area contributed by atoms with Gasteiger partial charge in [-0.2, -0.15) is 0 Å². The van der Waals surface area contributed by atoms with Crippen LogP contribution >= 0.6 is 12.4 Å². The SMILES string of the molecule is Cl.OC[C@@H](O)CNc1cc(-c2ccc3c(c2)CCCO3)nc2ccccc12. The molecule has 27 heavy (non-hydrogen) atoms. The molecule has 0 unspecified atom stereocenters. The van der Waals surface area contributed by atoms with Crippen LogP contribution in [0.25, 0.3) is 22.2 Å². The van der Waals surface area contributed by atoms with E-state index in [9.17, 15) is 5.11 Å². The highest BCUT2D eigenvalue weighted by molar-refractivity contribution is 5.93. The second-order valence-corrected chi connectivity index (χ2v) is 6.56. The number of hydrogen-bond donors (Lipinski definition) is 3. The summed E-state index contributed by atoms with van der Waals surface area (Å²) < 4.78 is 5.70. The van der Waals surface area contributed by atoms with Crippen molar-refractivity contribution in [2.45, 2.75) is 18.9 Å². The molecule has 2 aromatic carbocycles. The number of fused-ring (bicyclic) bond motifs is 2. The first-order valence-electron chi connectivity index (χ1n) is 8.93. The maximum absolute atomic E-state index is 9.67. The van der Waals surface area contributed by atoms with E-state index in [1.807, 2.05) is 42.5 Å². The van der Waals surface area contributed by atoms with Crippen molar-refractivity contribution in [1.29, 1.82) is 0 Å². The van der Waals surface area contributed by atoms with Crippen LogP contribution < -0.4 is 10.1 Å². The van der Waals surface area contributed by atoms with E-state index in [4.69, 9.17) is 14.8 Å². The number of aryl methyl sites for hydroxylation is 1. The Labute approximate surface area is 164 Å². The van der Waals surface area contributed by atoms with Crippen LogP contribution in [0.1, 0.15) is 12.0 Å². The highest BCUT2D eigenvalue weighted by Crippen LogP contribution is 2.32. The molecule has 6 heteroatoms. The Hall–Kier alpha value is -2.34. The fourth-order valence-corrected chi connectivity index (χ4v) is 3.28. The molecule has 1 atom stereocenters. The van der Waals surface area contributed by atoms with Crippen molar-refractivity contribution in [2.24, 2.45) is 0 Å². The molecule has 0 spiro atoms. The molecule has 0 saturated carbocycles. The minimum Gasteiger partial charge on any atom is -0.493 e. The summed E-state index contributed by atoms with van der Waals surface area (Å²) in [6.45, 7) is 0.789. The largest absolute Gasteiger partial charge is 0.493 e. The minimum absolute atomic E-state index is 0. The molecule has 0 saturated heterocycles. The van der Waals surface area contributed by atoms with Gasteiger partial charge in [-0.15, -0.1) is 12.4 Å². The van der Waals surface area contributed by atoms with Crippen LogP contribution in [0, 0.1) is 0 Å². The van der Waals surface area contributed by atoms with Crippen LogP contribution in [0.4, 0.5) is 5.69 Å². The summed E-state index contributed by atoms with van der Waals surface area (Å²) in [5.74, 6) is 0.963. The van der Waals surface area contributed by atoms with Crippen molar-refractivity contribution in [3.63, 3.8) is 0 Å². The Morgan fingerprint density at radius 3 is 2.85 bits per heavy atom. The molecule has 1 aliphatic rings. The van der Waals surface area contributed by atoms with E-state index in [1.54, 1.807) is 0 Å². The molecular weight excluding hydrogens is 364 g/mol. The van der Waals surface area contributed by atoms with E-state index in [2.05, 4.69) is 11.4 Å². The van der Waals surface area contributed by atoms with E-state index in [0.29, 0.717) is 0 Å². The van der Waals surface area contributed by atoms with Gasteiger partial charge in [0.15, 0.2) is 0 Å². The van der Waals surface area contributed by atoms with Crippen molar-refractivity contribution in [3.05, 3.63) is 54.1 Å². The van der Waals surface area contributed by atoms with Gasteiger partial charge < -0.3 is 20.3 Å². The van der Waals surface area contributed by atoms with Gasteiger partial charge in [0.05, 0.1) is 30.5 Å². The number of anilines is 1. The fraction of sp³-hybridized carbons (Fsp3) is 0.286. The standard InChI is InChI=1S/C21H22N2O3.ClH/c24-13-16(25)12-22-20-11-19(23-18-6-2-1-5-17(18)20)14-7-8-21-15(10-14)4-3-9-26-21;/h1-2,5-8,10-11,16,24-25H,3-4,9,12-13H2,(H,22,23);1H/t16-;/m0./s1.